The lowest BCUT2D eigenvalue weighted by Gasteiger charge is -2.19. The highest BCUT2D eigenvalue weighted by molar-refractivity contribution is 6.31. The largest absolute Gasteiger partial charge is 0.307 e. The Morgan fingerprint density at radius 3 is 1.60 bits per heavy atom. The highest BCUT2D eigenvalue weighted by Crippen LogP contribution is 2.29. The van der Waals surface area contributed by atoms with Crippen LogP contribution in [0.1, 0.15) is 52.7 Å². The van der Waals surface area contributed by atoms with Crippen molar-refractivity contribution in [1.29, 1.82) is 0 Å². The maximum atomic E-state index is 5.90. The SMILES string of the molecule is CC(C)(C)c1cc(Cl)nnc1Cl.CC(C)(C)c1cc(NN)nnc1Cl. The van der Waals surface area contributed by atoms with E-state index in [4.69, 9.17) is 40.6 Å². The first-order valence-electron chi connectivity index (χ1n) is 7.55. The van der Waals surface area contributed by atoms with Gasteiger partial charge in [0, 0.05) is 5.56 Å². The molecule has 9 heteroatoms. The highest BCUT2D eigenvalue weighted by atomic mass is 35.5. The maximum Gasteiger partial charge on any atom is 0.163 e. The number of nitrogens with two attached hydrogens (primary N) is 1. The second-order valence-electron chi connectivity index (χ2n) is 7.45. The third kappa shape index (κ3) is 6.55. The van der Waals surface area contributed by atoms with Crippen molar-refractivity contribution in [2.75, 3.05) is 5.43 Å². The average molecular weight is 406 g/mol. The summed E-state index contributed by atoms with van der Waals surface area (Å²) in [7, 11) is 0. The fourth-order valence-electron chi connectivity index (χ4n) is 1.85. The van der Waals surface area contributed by atoms with E-state index in [1.807, 2.05) is 20.8 Å². The number of halogens is 3. The van der Waals surface area contributed by atoms with Gasteiger partial charge in [-0.2, -0.15) is 0 Å². The quantitative estimate of drug-likeness (QED) is 0.523. The van der Waals surface area contributed by atoms with E-state index in [0.717, 1.165) is 11.1 Å². The summed E-state index contributed by atoms with van der Waals surface area (Å²) < 4.78 is 0. The number of nitrogens with one attached hydrogen (secondary N) is 1. The van der Waals surface area contributed by atoms with E-state index in [9.17, 15) is 0 Å². The minimum absolute atomic E-state index is 0.0450. The zero-order valence-corrected chi connectivity index (χ0v) is 17.4. The Balaban J connectivity index is 0.000000251. The number of rotatable bonds is 1. The van der Waals surface area contributed by atoms with Crippen LogP contribution in [0.15, 0.2) is 12.1 Å². The lowest BCUT2D eigenvalue weighted by molar-refractivity contribution is 0.585. The van der Waals surface area contributed by atoms with E-state index in [2.05, 4.69) is 46.6 Å². The van der Waals surface area contributed by atoms with Crippen LogP contribution in [0.3, 0.4) is 0 Å². The van der Waals surface area contributed by atoms with Crippen molar-refractivity contribution in [2.24, 2.45) is 5.84 Å². The number of aromatic nitrogens is 4. The fourth-order valence-corrected chi connectivity index (χ4v) is 2.75. The van der Waals surface area contributed by atoms with Gasteiger partial charge in [0.25, 0.3) is 0 Å². The van der Waals surface area contributed by atoms with Crippen molar-refractivity contribution < 1.29 is 0 Å². The summed E-state index contributed by atoms with van der Waals surface area (Å²) in [6.45, 7) is 12.3. The highest BCUT2D eigenvalue weighted by Gasteiger charge is 2.19. The van der Waals surface area contributed by atoms with Crippen molar-refractivity contribution in [3.8, 4) is 0 Å². The molecular formula is C16H23Cl3N6. The Morgan fingerprint density at radius 2 is 1.20 bits per heavy atom. The van der Waals surface area contributed by atoms with Gasteiger partial charge < -0.3 is 5.43 Å². The van der Waals surface area contributed by atoms with Gasteiger partial charge in [0.2, 0.25) is 0 Å². The topological polar surface area (TPSA) is 89.6 Å². The summed E-state index contributed by atoms with van der Waals surface area (Å²) in [4.78, 5) is 0. The maximum absolute atomic E-state index is 5.90. The third-order valence-corrected chi connectivity index (χ3v) is 3.97. The smallest absolute Gasteiger partial charge is 0.163 e. The van der Waals surface area contributed by atoms with Gasteiger partial charge in [-0.25, -0.2) is 5.84 Å². The van der Waals surface area contributed by atoms with Crippen LogP contribution in [0, 0.1) is 0 Å². The first-order chi connectivity index (χ1) is 11.4. The summed E-state index contributed by atoms with van der Waals surface area (Å²) in [6.07, 6.45) is 0. The molecule has 2 aromatic heterocycles. The van der Waals surface area contributed by atoms with E-state index >= 15 is 0 Å². The monoisotopic (exact) mass is 404 g/mol. The molecule has 0 spiro atoms. The molecule has 0 atom stereocenters. The van der Waals surface area contributed by atoms with E-state index in [-0.39, 0.29) is 10.8 Å². The van der Waals surface area contributed by atoms with Gasteiger partial charge >= 0.3 is 0 Å². The summed E-state index contributed by atoms with van der Waals surface area (Å²) in [6, 6.07) is 3.55. The van der Waals surface area contributed by atoms with Crippen LogP contribution in [-0.4, -0.2) is 20.4 Å². The Labute approximate surface area is 163 Å². The second kappa shape index (κ2) is 8.45. The van der Waals surface area contributed by atoms with Crippen LogP contribution in [0.2, 0.25) is 15.5 Å². The minimum atomic E-state index is -0.0569. The Morgan fingerprint density at radius 1 is 0.760 bits per heavy atom. The standard InChI is InChI=1S/C8H10Cl2N2.C8H13ClN4/c1-8(2,3)5-4-6(9)11-12-7(5)10;1-8(2,3)5-4-6(11-10)12-13-7(5)9/h4H,1-3H3;4H,10H2,1-3H3,(H,11,12). The average Bonchev–Trinajstić information content (AvgIpc) is 2.48. The van der Waals surface area contributed by atoms with Crippen LogP contribution >= 0.6 is 34.8 Å². The summed E-state index contributed by atoms with van der Waals surface area (Å²) in [5.74, 6) is 5.74. The first kappa shape index (κ1) is 21.8. The number of nitrogens with zero attached hydrogens (tertiary/aromatic N) is 4. The third-order valence-electron chi connectivity index (χ3n) is 3.23. The molecule has 2 heterocycles. The molecule has 0 amide bonds. The van der Waals surface area contributed by atoms with Gasteiger partial charge in [0.1, 0.15) is 0 Å². The molecule has 0 aliphatic rings. The molecule has 0 aliphatic heterocycles. The lowest BCUT2D eigenvalue weighted by atomic mass is 9.88. The molecule has 0 aliphatic carbocycles. The van der Waals surface area contributed by atoms with Crippen molar-refractivity contribution in [3.05, 3.63) is 38.7 Å². The van der Waals surface area contributed by atoms with Crippen LogP contribution in [0.25, 0.3) is 0 Å². The molecule has 138 valence electrons. The molecule has 0 aromatic carbocycles. The van der Waals surface area contributed by atoms with Crippen molar-refractivity contribution in [1.82, 2.24) is 20.4 Å². The van der Waals surface area contributed by atoms with E-state index in [0.29, 0.717) is 21.3 Å². The minimum Gasteiger partial charge on any atom is -0.307 e. The molecule has 0 fully saturated rings. The predicted octanol–water partition coefficient (Wildman–Crippen LogP) is 4.79. The first-order valence-corrected chi connectivity index (χ1v) is 8.69. The van der Waals surface area contributed by atoms with Crippen LogP contribution in [-0.2, 0) is 10.8 Å². The predicted molar refractivity (Wildman–Crippen MR) is 104 cm³/mol. The summed E-state index contributed by atoms with van der Waals surface area (Å²) >= 11 is 17.4. The van der Waals surface area contributed by atoms with Crippen LogP contribution in [0.5, 0.6) is 0 Å². The lowest BCUT2D eigenvalue weighted by Crippen LogP contribution is -2.16. The molecule has 6 nitrogen and oxygen atoms in total. The molecule has 3 N–H and O–H groups in total. The van der Waals surface area contributed by atoms with Crippen molar-refractivity contribution in [2.45, 2.75) is 52.4 Å². The molecular weight excluding hydrogens is 383 g/mol. The van der Waals surface area contributed by atoms with Gasteiger partial charge in [-0.1, -0.05) is 76.3 Å². The van der Waals surface area contributed by atoms with Crippen molar-refractivity contribution in [3.63, 3.8) is 0 Å². The Bertz CT molecular complexity index is 723. The van der Waals surface area contributed by atoms with Gasteiger partial charge in [0.05, 0.1) is 0 Å². The number of anilines is 1. The fraction of sp³-hybridized carbons (Fsp3) is 0.500. The van der Waals surface area contributed by atoms with Crippen LogP contribution in [0.4, 0.5) is 5.82 Å². The van der Waals surface area contributed by atoms with E-state index < -0.39 is 0 Å². The summed E-state index contributed by atoms with van der Waals surface area (Å²) in [5, 5.41) is 16.1. The molecule has 0 bridgehead atoms. The zero-order valence-electron chi connectivity index (χ0n) is 15.2. The van der Waals surface area contributed by atoms with Gasteiger partial charge in [-0.3, -0.25) is 0 Å². The number of nitrogen functional groups attached to an aromatic ring is 1. The van der Waals surface area contributed by atoms with E-state index in [1.54, 1.807) is 12.1 Å². The molecule has 0 saturated heterocycles. The van der Waals surface area contributed by atoms with Gasteiger partial charge in [0.15, 0.2) is 21.3 Å². The molecule has 2 aromatic rings. The molecule has 2 rings (SSSR count). The van der Waals surface area contributed by atoms with Crippen molar-refractivity contribution >= 4 is 40.6 Å². The number of hydrazine groups is 1. The zero-order chi connectivity index (χ0) is 19.4. The van der Waals surface area contributed by atoms with Gasteiger partial charge in [-0.15, -0.1) is 20.4 Å². The Hall–Kier alpha value is -1.21. The van der Waals surface area contributed by atoms with Crippen LogP contribution < -0.4 is 11.3 Å². The number of hydrogen-bond donors (Lipinski definition) is 2. The summed E-state index contributed by atoms with van der Waals surface area (Å²) in [5.41, 5.74) is 4.18. The normalized spacial score (nSPS) is 11.6. The molecule has 0 saturated carbocycles. The molecule has 0 radical (unpaired) electrons. The number of hydrogen-bond acceptors (Lipinski definition) is 6. The second-order valence-corrected chi connectivity index (χ2v) is 8.55. The molecule has 0 unspecified atom stereocenters. The van der Waals surface area contributed by atoms with E-state index in [1.165, 1.54) is 0 Å². The van der Waals surface area contributed by atoms with Gasteiger partial charge in [-0.05, 0) is 28.5 Å². The Kier molecular flexibility index (Phi) is 7.38. The molecule has 25 heavy (non-hydrogen) atoms.